The van der Waals surface area contributed by atoms with Gasteiger partial charge in [-0.3, -0.25) is 0 Å². The molecular weight excluding hydrogens is 164 g/mol. The number of phenolic OH excluding ortho intramolecular Hbond substituents is 1. The molecule has 2 rings (SSSR count). The first-order valence-corrected chi connectivity index (χ1v) is 4.09. The molecule has 2 aromatic rings. The summed E-state index contributed by atoms with van der Waals surface area (Å²) < 4.78 is 4.98. The number of phenols is 1. The van der Waals surface area contributed by atoms with Crippen LogP contribution in [0.2, 0.25) is 0 Å². The van der Waals surface area contributed by atoms with Crippen LogP contribution in [0.3, 0.4) is 0 Å². The zero-order chi connectivity index (χ0) is 9.26. The maximum absolute atomic E-state index is 9.32. The summed E-state index contributed by atoms with van der Waals surface area (Å²) in [4.78, 5) is 0. The van der Waals surface area contributed by atoms with Gasteiger partial charge in [0, 0.05) is 5.56 Å². The number of hydrogen-bond donors (Lipinski definition) is 1. The molecule has 0 unspecified atom stereocenters. The predicted octanol–water partition coefficient (Wildman–Crippen LogP) is 2.96. The number of benzene rings is 1. The Morgan fingerprint density at radius 2 is 2.00 bits per heavy atom. The summed E-state index contributed by atoms with van der Waals surface area (Å²) in [5.74, 6) is 0.326. The van der Waals surface area contributed by atoms with E-state index in [-0.39, 0.29) is 0 Å². The van der Waals surface area contributed by atoms with E-state index in [0.717, 1.165) is 16.7 Å². The molecule has 1 aromatic carbocycles. The van der Waals surface area contributed by atoms with Crippen molar-refractivity contribution >= 4 is 0 Å². The number of aryl methyl sites for hydroxylation is 1. The van der Waals surface area contributed by atoms with E-state index in [1.54, 1.807) is 18.6 Å². The summed E-state index contributed by atoms with van der Waals surface area (Å²) in [5, 5.41) is 9.32. The first-order chi connectivity index (χ1) is 6.27. The van der Waals surface area contributed by atoms with Crippen molar-refractivity contribution in [3.8, 4) is 16.9 Å². The summed E-state index contributed by atoms with van der Waals surface area (Å²) in [6.07, 6.45) is 3.32. The third kappa shape index (κ3) is 1.43. The first kappa shape index (κ1) is 7.92. The highest BCUT2D eigenvalue weighted by Gasteiger charge is 2.01. The van der Waals surface area contributed by atoms with E-state index in [1.165, 1.54) is 0 Å². The third-order valence-electron chi connectivity index (χ3n) is 2.05. The molecule has 66 valence electrons. The molecule has 0 aliphatic carbocycles. The molecule has 0 aliphatic heterocycles. The van der Waals surface area contributed by atoms with E-state index < -0.39 is 0 Å². The highest BCUT2D eigenvalue weighted by atomic mass is 16.3. The minimum absolute atomic E-state index is 0.326. The van der Waals surface area contributed by atoms with Crippen LogP contribution in [0.4, 0.5) is 0 Å². The fraction of sp³-hybridized carbons (Fsp3) is 0.0909. The van der Waals surface area contributed by atoms with Crippen molar-refractivity contribution in [3.05, 3.63) is 42.4 Å². The maximum atomic E-state index is 9.32. The van der Waals surface area contributed by atoms with Crippen LogP contribution in [0, 0.1) is 6.92 Å². The van der Waals surface area contributed by atoms with Crippen LogP contribution in [-0.2, 0) is 0 Å². The SMILES string of the molecule is Cc1cc(-c2ccoc2)ccc1O. The molecule has 0 fully saturated rings. The zero-order valence-electron chi connectivity index (χ0n) is 7.32. The Morgan fingerprint density at radius 1 is 1.15 bits per heavy atom. The molecule has 0 aliphatic rings. The third-order valence-corrected chi connectivity index (χ3v) is 2.05. The van der Waals surface area contributed by atoms with Gasteiger partial charge in [0.1, 0.15) is 5.75 Å². The highest BCUT2D eigenvalue weighted by Crippen LogP contribution is 2.25. The number of furan rings is 1. The van der Waals surface area contributed by atoms with E-state index in [9.17, 15) is 5.11 Å². The van der Waals surface area contributed by atoms with Gasteiger partial charge in [-0.2, -0.15) is 0 Å². The van der Waals surface area contributed by atoms with Gasteiger partial charge in [0.05, 0.1) is 12.5 Å². The normalized spacial score (nSPS) is 10.2. The molecule has 13 heavy (non-hydrogen) atoms. The largest absolute Gasteiger partial charge is 0.508 e. The Kier molecular flexibility index (Phi) is 1.81. The minimum atomic E-state index is 0.326. The summed E-state index contributed by atoms with van der Waals surface area (Å²) in [6.45, 7) is 1.87. The standard InChI is InChI=1S/C11H10O2/c1-8-6-9(2-3-11(8)12)10-4-5-13-7-10/h2-7,12H,1H3. The fourth-order valence-electron chi connectivity index (χ4n) is 1.26. The molecule has 0 radical (unpaired) electrons. The van der Waals surface area contributed by atoms with Gasteiger partial charge in [-0.15, -0.1) is 0 Å². The lowest BCUT2D eigenvalue weighted by Crippen LogP contribution is -1.77. The quantitative estimate of drug-likeness (QED) is 0.721. The van der Waals surface area contributed by atoms with Gasteiger partial charge < -0.3 is 9.52 Å². The van der Waals surface area contributed by atoms with E-state index in [2.05, 4.69) is 0 Å². The topological polar surface area (TPSA) is 33.4 Å². The summed E-state index contributed by atoms with van der Waals surface area (Å²) >= 11 is 0. The lowest BCUT2D eigenvalue weighted by atomic mass is 10.1. The van der Waals surface area contributed by atoms with Crippen molar-refractivity contribution in [2.75, 3.05) is 0 Å². The molecule has 0 amide bonds. The van der Waals surface area contributed by atoms with Gasteiger partial charge in [-0.05, 0) is 36.2 Å². The zero-order valence-corrected chi connectivity index (χ0v) is 7.32. The van der Waals surface area contributed by atoms with Gasteiger partial charge in [-0.1, -0.05) is 6.07 Å². The monoisotopic (exact) mass is 174 g/mol. The Balaban J connectivity index is 2.49. The molecule has 0 atom stereocenters. The molecule has 1 heterocycles. The minimum Gasteiger partial charge on any atom is -0.508 e. The number of aromatic hydroxyl groups is 1. The molecule has 0 spiro atoms. The van der Waals surface area contributed by atoms with Crippen LogP contribution < -0.4 is 0 Å². The average molecular weight is 174 g/mol. The Bertz CT molecular complexity index is 402. The predicted molar refractivity (Wildman–Crippen MR) is 50.5 cm³/mol. The Labute approximate surface area is 76.4 Å². The summed E-state index contributed by atoms with van der Waals surface area (Å²) in [7, 11) is 0. The van der Waals surface area contributed by atoms with E-state index >= 15 is 0 Å². The number of rotatable bonds is 1. The van der Waals surface area contributed by atoms with E-state index in [0.29, 0.717) is 5.75 Å². The summed E-state index contributed by atoms with van der Waals surface area (Å²) in [5.41, 5.74) is 2.96. The van der Waals surface area contributed by atoms with Gasteiger partial charge in [0.25, 0.3) is 0 Å². The Hall–Kier alpha value is -1.70. The molecule has 2 nitrogen and oxygen atoms in total. The van der Waals surface area contributed by atoms with Crippen LogP contribution in [-0.4, -0.2) is 5.11 Å². The Morgan fingerprint density at radius 3 is 2.62 bits per heavy atom. The fourth-order valence-corrected chi connectivity index (χ4v) is 1.26. The molecule has 1 N–H and O–H groups in total. The lowest BCUT2D eigenvalue weighted by Gasteiger charge is -2.00. The van der Waals surface area contributed by atoms with Gasteiger partial charge in [0.2, 0.25) is 0 Å². The van der Waals surface area contributed by atoms with Crippen molar-refractivity contribution in [1.82, 2.24) is 0 Å². The van der Waals surface area contributed by atoms with Crippen molar-refractivity contribution in [3.63, 3.8) is 0 Å². The molecule has 0 saturated carbocycles. The van der Waals surface area contributed by atoms with Crippen molar-refractivity contribution in [1.29, 1.82) is 0 Å². The van der Waals surface area contributed by atoms with Gasteiger partial charge in [-0.25, -0.2) is 0 Å². The van der Waals surface area contributed by atoms with Gasteiger partial charge >= 0.3 is 0 Å². The van der Waals surface area contributed by atoms with Crippen LogP contribution >= 0.6 is 0 Å². The maximum Gasteiger partial charge on any atom is 0.118 e. The molecule has 0 saturated heterocycles. The van der Waals surface area contributed by atoms with Crippen LogP contribution in [0.25, 0.3) is 11.1 Å². The average Bonchev–Trinajstić information content (AvgIpc) is 2.62. The second-order valence-electron chi connectivity index (χ2n) is 3.01. The van der Waals surface area contributed by atoms with Crippen molar-refractivity contribution in [2.45, 2.75) is 6.92 Å². The number of hydrogen-bond acceptors (Lipinski definition) is 2. The molecule has 2 heteroatoms. The van der Waals surface area contributed by atoms with Crippen LogP contribution in [0.5, 0.6) is 5.75 Å². The van der Waals surface area contributed by atoms with Crippen molar-refractivity contribution < 1.29 is 9.52 Å². The molecular formula is C11H10O2. The van der Waals surface area contributed by atoms with E-state index in [4.69, 9.17) is 4.42 Å². The molecule has 1 aromatic heterocycles. The lowest BCUT2D eigenvalue weighted by molar-refractivity contribution is 0.471. The van der Waals surface area contributed by atoms with Crippen LogP contribution in [0.1, 0.15) is 5.56 Å². The van der Waals surface area contributed by atoms with E-state index in [1.807, 2.05) is 25.1 Å². The second kappa shape index (κ2) is 2.98. The van der Waals surface area contributed by atoms with Crippen LogP contribution in [0.15, 0.2) is 41.2 Å². The second-order valence-corrected chi connectivity index (χ2v) is 3.01. The molecule has 0 bridgehead atoms. The van der Waals surface area contributed by atoms with Crippen molar-refractivity contribution in [2.24, 2.45) is 0 Å². The summed E-state index contributed by atoms with van der Waals surface area (Å²) in [6, 6.07) is 7.39. The first-order valence-electron chi connectivity index (χ1n) is 4.09. The smallest absolute Gasteiger partial charge is 0.118 e. The van der Waals surface area contributed by atoms with Gasteiger partial charge in [0.15, 0.2) is 0 Å². The highest BCUT2D eigenvalue weighted by molar-refractivity contribution is 5.64.